The zero-order chi connectivity index (χ0) is 17.2. The fourth-order valence-electron chi connectivity index (χ4n) is 2.10. The number of hydrogen-bond acceptors (Lipinski definition) is 3. The number of carbonyl (C=O) groups excluding carboxylic acids is 1. The van der Waals surface area contributed by atoms with E-state index in [9.17, 15) is 4.79 Å². The molecule has 0 fully saturated rings. The first-order valence-corrected chi connectivity index (χ1v) is 7.81. The second-order valence-electron chi connectivity index (χ2n) is 5.45. The van der Waals surface area contributed by atoms with E-state index in [2.05, 4.69) is 10.3 Å². The highest BCUT2D eigenvalue weighted by Crippen LogP contribution is 2.13. The lowest BCUT2D eigenvalue weighted by Gasteiger charge is -2.22. The van der Waals surface area contributed by atoms with Crippen LogP contribution in [0.25, 0.3) is 0 Å². The number of nitrogens with one attached hydrogen (secondary N) is 1. The fraction of sp³-hybridized carbons (Fsp3) is 0.529. The quantitative estimate of drug-likeness (QED) is 0.612. The Balaban J connectivity index is 2.50. The van der Waals surface area contributed by atoms with Crippen molar-refractivity contribution in [3.05, 3.63) is 29.8 Å². The van der Waals surface area contributed by atoms with E-state index in [0.717, 1.165) is 18.3 Å². The molecular formula is C17H28N4O2. The van der Waals surface area contributed by atoms with Crippen LogP contribution in [0.2, 0.25) is 0 Å². The van der Waals surface area contributed by atoms with Crippen LogP contribution in [0.3, 0.4) is 0 Å². The first kappa shape index (κ1) is 18.8. The Kier molecular flexibility index (Phi) is 7.94. The van der Waals surface area contributed by atoms with E-state index >= 15 is 0 Å². The molecule has 23 heavy (non-hydrogen) atoms. The standard InChI is InChI=1S/C17H28N4O2/c1-6-23-15-9-7-14(8-10-15)13-21(5)17(18-2)19-12-11-16(22)20(3)4/h7-10H,6,11-13H2,1-5H3,(H,18,19). The number of nitrogens with zero attached hydrogens (tertiary/aromatic N) is 3. The minimum absolute atomic E-state index is 0.0992. The first-order chi connectivity index (χ1) is 11.0. The van der Waals surface area contributed by atoms with Crippen molar-refractivity contribution in [1.29, 1.82) is 0 Å². The lowest BCUT2D eigenvalue weighted by molar-refractivity contribution is -0.128. The molecule has 0 saturated heterocycles. The highest BCUT2D eigenvalue weighted by molar-refractivity contribution is 5.81. The van der Waals surface area contributed by atoms with Gasteiger partial charge in [-0.2, -0.15) is 0 Å². The van der Waals surface area contributed by atoms with Crippen molar-refractivity contribution in [2.24, 2.45) is 4.99 Å². The maximum Gasteiger partial charge on any atom is 0.223 e. The molecule has 6 nitrogen and oxygen atoms in total. The molecule has 0 spiro atoms. The van der Waals surface area contributed by atoms with Crippen LogP contribution in [0.1, 0.15) is 18.9 Å². The Bertz CT molecular complexity index is 512. The van der Waals surface area contributed by atoms with Crippen molar-refractivity contribution in [3.63, 3.8) is 0 Å². The van der Waals surface area contributed by atoms with Crippen molar-refractivity contribution in [3.8, 4) is 5.75 Å². The van der Waals surface area contributed by atoms with E-state index in [0.29, 0.717) is 19.6 Å². The van der Waals surface area contributed by atoms with Crippen molar-refractivity contribution < 1.29 is 9.53 Å². The SMILES string of the molecule is CCOc1ccc(CN(C)C(=NC)NCCC(=O)N(C)C)cc1. The summed E-state index contributed by atoms with van der Waals surface area (Å²) in [6.45, 7) is 3.94. The molecule has 0 radical (unpaired) electrons. The molecule has 0 saturated carbocycles. The van der Waals surface area contributed by atoms with Gasteiger partial charge in [0.05, 0.1) is 6.61 Å². The van der Waals surface area contributed by atoms with Crippen LogP contribution in [0.4, 0.5) is 0 Å². The molecule has 0 bridgehead atoms. The largest absolute Gasteiger partial charge is 0.494 e. The number of amides is 1. The first-order valence-electron chi connectivity index (χ1n) is 7.81. The van der Waals surface area contributed by atoms with Gasteiger partial charge in [0.15, 0.2) is 5.96 Å². The Morgan fingerprint density at radius 1 is 1.22 bits per heavy atom. The van der Waals surface area contributed by atoms with Gasteiger partial charge < -0.3 is 19.9 Å². The monoisotopic (exact) mass is 320 g/mol. The van der Waals surface area contributed by atoms with Gasteiger partial charge >= 0.3 is 0 Å². The van der Waals surface area contributed by atoms with Gasteiger partial charge in [0.2, 0.25) is 5.91 Å². The third-order valence-corrected chi connectivity index (χ3v) is 3.35. The number of aliphatic imine (C=N–C) groups is 1. The van der Waals surface area contributed by atoms with E-state index in [4.69, 9.17) is 4.74 Å². The Labute approximate surface area is 139 Å². The molecule has 0 aliphatic rings. The third-order valence-electron chi connectivity index (χ3n) is 3.35. The predicted octanol–water partition coefficient (Wildman–Crippen LogP) is 1.57. The van der Waals surface area contributed by atoms with Crippen LogP contribution < -0.4 is 10.1 Å². The number of rotatable bonds is 7. The molecule has 1 rings (SSSR count). The van der Waals surface area contributed by atoms with Crippen molar-refractivity contribution in [1.82, 2.24) is 15.1 Å². The van der Waals surface area contributed by atoms with Crippen LogP contribution >= 0.6 is 0 Å². The lowest BCUT2D eigenvalue weighted by Crippen LogP contribution is -2.40. The maximum atomic E-state index is 11.6. The van der Waals surface area contributed by atoms with Gasteiger partial charge in [-0.15, -0.1) is 0 Å². The third kappa shape index (κ3) is 6.59. The molecule has 0 aliphatic carbocycles. The Morgan fingerprint density at radius 2 is 1.87 bits per heavy atom. The molecule has 6 heteroatoms. The normalized spacial score (nSPS) is 11.1. The highest BCUT2D eigenvalue weighted by atomic mass is 16.5. The van der Waals surface area contributed by atoms with E-state index in [1.54, 1.807) is 26.0 Å². The summed E-state index contributed by atoms with van der Waals surface area (Å²) >= 11 is 0. The molecule has 0 atom stereocenters. The molecule has 128 valence electrons. The molecule has 0 unspecified atom stereocenters. The predicted molar refractivity (Wildman–Crippen MR) is 93.8 cm³/mol. The number of hydrogen-bond donors (Lipinski definition) is 1. The summed E-state index contributed by atoms with van der Waals surface area (Å²) in [6, 6.07) is 8.03. The second kappa shape index (κ2) is 9.71. The van der Waals surface area contributed by atoms with Gasteiger partial charge in [-0.1, -0.05) is 12.1 Å². The molecule has 0 aromatic heterocycles. The Hall–Kier alpha value is -2.24. The van der Waals surface area contributed by atoms with Crippen LogP contribution in [-0.4, -0.2) is 63.0 Å². The average molecular weight is 320 g/mol. The molecule has 1 N–H and O–H groups in total. The smallest absolute Gasteiger partial charge is 0.223 e. The van der Waals surface area contributed by atoms with E-state index in [1.807, 2.05) is 43.1 Å². The van der Waals surface area contributed by atoms with E-state index in [-0.39, 0.29) is 5.91 Å². The number of carbonyl (C=O) groups is 1. The summed E-state index contributed by atoms with van der Waals surface area (Å²) in [5.74, 6) is 1.75. The van der Waals surface area contributed by atoms with E-state index < -0.39 is 0 Å². The summed E-state index contributed by atoms with van der Waals surface area (Å²) in [5, 5.41) is 3.21. The van der Waals surface area contributed by atoms with Gasteiger partial charge in [-0.25, -0.2) is 0 Å². The summed E-state index contributed by atoms with van der Waals surface area (Å²) < 4.78 is 5.44. The summed E-state index contributed by atoms with van der Waals surface area (Å²) in [5.41, 5.74) is 1.17. The van der Waals surface area contributed by atoms with Crippen LogP contribution in [-0.2, 0) is 11.3 Å². The second-order valence-corrected chi connectivity index (χ2v) is 5.45. The van der Waals surface area contributed by atoms with Gasteiger partial charge in [-0.05, 0) is 24.6 Å². The van der Waals surface area contributed by atoms with Gasteiger partial charge in [0, 0.05) is 47.7 Å². The zero-order valence-corrected chi connectivity index (χ0v) is 14.8. The molecule has 1 aromatic carbocycles. The topological polar surface area (TPSA) is 57.2 Å². The molecule has 1 aromatic rings. The van der Waals surface area contributed by atoms with Crippen LogP contribution in [0.15, 0.2) is 29.3 Å². The molecule has 1 amide bonds. The van der Waals surface area contributed by atoms with Crippen LogP contribution in [0, 0.1) is 0 Å². The van der Waals surface area contributed by atoms with Gasteiger partial charge in [-0.3, -0.25) is 9.79 Å². The number of guanidine groups is 1. The minimum Gasteiger partial charge on any atom is -0.494 e. The highest BCUT2D eigenvalue weighted by Gasteiger charge is 2.08. The minimum atomic E-state index is 0.0992. The molecular weight excluding hydrogens is 292 g/mol. The van der Waals surface area contributed by atoms with Crippen molar-refractivity contribution in [2.45, 2.75) is 19.9 Å². The average Bonchev–Trinajstić information content (AvgIpc) is 2.53. The van der Waals surface area contributed by atoms with Crippen molar-refractivity contribution in [2.75, 3.05) is 41.3 Å². The number of benzene rings is 1. The summed E-state index contributed by atoms with van der Waals surface area (Å²) in [6.07, 6.45) is 0.447. The van der Waals surface area contributed by atoms with Gasteiger partial charge in [0.25, 0.3) is 0 Å². The molecule has 0 aliphatic heterocycles. The fourth-order valence-corrected chi connectivity index (χ4v) is 2.10. The van der Waals surface area contributed by atoms with Crippen LogP contribution in [0.5, 0.6) is 5.75 Å². The van der Waals surface area contributed by atoms with E-state index in [1.165, 1.54) is 5.56 Å². The van der Waals surface area contributed by atoms with Gasteiger partial charge in [0.1, 0.15) is 5.75 Å². The van der Waals surface area contributed by atoms with Crippen molar-refractivity contribution >= 4 is 11.9 Å². The zero-order valence-electron chi connectivity index (χ0n) is 14.8. The summed E-state index contributed by atoms with van der Waals surface area (Å²) in [4.78, 5) is 19.4. The molecule has 0 heterocycles. The Morgan fingerprint density at radius 3 is 2.39 bits per heavy atom. The maximum absolute atomic E-state index is 11.6. The lowest BCUT2D eigenvalue weighted by atomic mass is 10.2. The number of ether oxygens (including phenoxy) is 1. The summed E-state index contributed by atoms with van der Waals surface area (Å²) in [7, 11) is 7.23.